The van der Waals surface area contributed by atoms with Crippen LogP contribution in [0.3, 0.4) is 0 Å². The molecule has 1 saturated heterocycles. The number of carboxylic acids is 1. The molecule has 120 valence electrons. The first kappa shape index (κ1) is 16.3. The van der Waals surface area contributed by atoms with Crippen LogP contribution in [0.5, 0.6) is 0 Å². The van der Waals surface area contributed by atoms with E-state index in [1.807, 2.05) is 32.0 Å². The van der Waals surface area contributed by atoms with Crippen LogP contribution in [0.15, 0.2) is 30.3 Å². The minimum atomic E-state index is -0.867. The molecule has 0 aromatic heterocycles. The predicted octanol–water partition coefficient (Wildman–Crippen LogP) is 2.27. The fourth-order valence-electron chi connectivity index (χ4n) is 2.94. The molecule has 1 fully saturated rings. The van der Waals surface area contributed by atoms with Gasteiger partial charge >= 0.3 is 5.97 Å². The maximum Gasteiger partial charge on any atom is 0.303 e. The Bertz CT molecular complexity index is 528. The molecule has 0 bridgehead atoms. The van der Waals surface area contributed by atoms with E-state index < -0.39 is 11.4 Å². The Balaban J connectivity index is 1.82. The van der Waals surface area contributed by atoms with Gasteiger partial charge in [-0.3, -0.25) is 9.59 Å². The van der Waals surface area contributed by atoms with Gasteiger partial charge in [-0.1, -0.05) is 32.0 Å². The summed E-state index contributed by atoms with van der Waals surface area (Å²) in [6.45, 7) is 5.35. The molecule has 1 unspecified atom stereocenters. The fourth-order valence-corrected chi connectivity index (χ4v) is 2.94. The van der Waals surface area contributed by atoms with Gasteiger partial charge in [-0.15, -0.1) is 0 Å². The van der Waals surface area contributed by atoms with Crippen LogP contribution in [0.25, 0.3) is 0 Å². The molecule has 5 nitrogen and oxygen atoms in total. The quantitative estimate of drug-likeness (QED) is 0.846. The number of rotatable bonds is 6. The van der Waals surface area contributed by atoms with Crippen molar-refractivity contribution in [2.24, 2.45) is 5.41 Å². The van der Waals surface area contributed by atoms with Gasteiger partial charge in [0.15, 0.2) is 0 Å². The highest BCUT2D eigenvalue weighted by Crippen LogP contribution is 2.25. The highest BCUT2D eigenvalue weighted by atomic mass is 16.4. The van der Waals surface area contributed by atoms with E-state index in [1.165, 1.54) is 5.69 Å². The van der Waals surface area contributed by atoms with Crippen LogP contribution in [-0.4, -0.2) is 36.1 Å². The SMILES string of the molecule is CC(C)(CC(=O)O)CC(=O)NC1CCN(c2ccccc2)C1. The monoisotopic (exact) mass is 304 g/mol. The first-order valence-corrected chi connectivity index (χ1v) is 7.67. The Morgan fingerprint density at radius 2 is 1.95 bits per heavy atom. The van der Waals surface area contributed by atoms with E-state index in [9.17, 15) is 9.59 Å². The van der Waals surface area contributed by atoms with Gasteiger partial charge in [-0.25, -0.2) is 0 Å². The molecule has 22 heavy (non-hydrogen) atoms. The zero-order valence-corrected chi connectivity index (χ0v) is 13.2. The van der Waals surface area contributed by atoms with E-state index >= 15 is 0 Å². The Kier molecular flexibility index (Phi) is 5.06. The van der Waals surface area contributed by atoms with Gasteiger partial charge in [0.2, 0.25) is 5.91 Å². The molecular formula is C17H24N2O3. The Morgan fingerprint density at radius 1 is 1.27 bits per heavy atom. The molecule has 1 heterocycles. The molecule has 5 heteroatoms. The van der Waals surface area contributed by atoms with Crippen LogP contribution >= 0.6 is 0 Å². The van der Waals surface area contributed by atoms with Crippen LogP contribution in [0.2, 0.25) is 0 Å². The molecule has 0 saturated carbocycles. The molecule has 1 atom stereocenters. The lowest BCUT2D eigenvalue weighted by atomic mass is 9.85. The van der Waals surface area contributed by atoms with Crippen molar-refractivity contribution < 1.29 is 14.7 Å². The van der Waals surface area contributed by atoms with Gasteiger partial charge in [0, 0.05) is 31.2 Å². The van der Waals surface area contributed by atoms with Crippen molar-refractivity contribution in [3.05, 3.63) is 30.3 Å². The minimum Gasteiger partial charge on any atom is -0.481 e. The summed E-state index contributed by atoms with van der Waals surface area (Å²) in [5.41, 5.74) is 0.652. The normalized spacial score (nSPS) is 18.3. The second-order valence-corrected chi connectivity index (χ2v) is 6.75. The molecule has 1 aliphatic heterocycles. The molecule has 0 radical (unpaired) electrons. The summed E-state index contributed by atoms with van der Waals surface area (Å²) in [5.74, 6) is -0.930. The standard InChI is InChI=1S/C17H24N2O3/c1-17(2,11-16(21)22)10-15(20)18-13-8-9-19(12-13)14-6-4-3-5-7-14/h3-7,13H,8-12H2,1-2H3,(H,18,20)(H,21,22). The molecule has 1 aromatic rings. The molecule has 0 aliphatic carbocycles. The highest BCUT2D eigenvalue weighted by Gasteiger charge is 2.28. The van der Waals surface area contributed by atoms with E-state index in [0.29, 0.717) is 0 Å². The smallest absolute Gasteiger partial charge is 0.303 e. The second kappa shape index (κ2) is 6.81. The number of carbonyl (C=O) groups excluding carboxylic acids is 1. The van der Waals surface area contributed by atoms with Crippen molar-refractivity contribution in [2.75, 3.05) is 18.0 Å². The summed E-state index contributed by atoms with van der Waals surface area (Å²) in [6.07, 6.45) is 1.16. The number of carbonyl (C=O) groups is 2. The third-order valence-electron chi connectivity index (χ3n) is 3.94. The largest absolute Gasteiger partial charge is 0.481 e. The van der Waals surface area contributed by atoms with Gasteiger partial charge < -0.3 is 15.3 Å². The van der Waals surface area contributed by atoms with Crippen LogP contribution in [0, 0.1) is 5.41 Å². The molecular weight excluding hydrogens is 280 g/mol. The van der Waals surface area contributed by atoms with E-state index in [-0.39, 0.29) is 24.8 Å². The molecule has 1 aromatic carbocycles. The van der Waals surface area contributed by atoms with Crippen LogP contribution in [-0.2, 0) is 9.59 Å². The van der Waals surface area contributed by atoms with Crippen molar-refractivity contribution >= 4 is 17.6 Å². The first-order chi connectivity index (χ1) is 10.4. The van der Waals surface area contributed by atoms with E-state index in [1.54, 1.807) is 0 Å². The van der Waals surface area contributed by atoms with Crippen molar-refractivity contribution in [1.82, 2.24) is 5.32 Å². The van der Waals surface area contributed by atoms with Crippen molar-refractivity contribution in [2.45, 2.75) is 39.2 Å². The number of nitrogens with zero attached hydrogens (tertiary/aromatic N) is 1. The average molecular weight is 304 g/mol. The summed E-state index contributed by atoms with van der Waals surface area (Å²) < 4.78 is 0. The molecule has 2 rings (SSSR count). The fraction of sp³-hybridized carbons (Fsp3) is 0.529. The number of para-hydroxylation sites is 1. The van der Waals surface area contributed by atoms with E-state index in [4.69, 9.17) is 5.11 Å². The van der Waals surface area contributed by atoms with Gasteiger partial charge in [0.1, 0.15) is 0 Å². The highest BCUT2D eigenvalue weighted by molar-refractivity contribution is 5.78. The third kappa shape index (κ3) is 4.76. The zero-order valence-electron chi connectivity index (χ0n) is 13.2. The predicted molar refractivity (Wildman–Crippen MR) is 85.9 cm³/mol. The number of hydrogen-bond donors (Lipinski definition) is 2. The Morgan fingerprint density at radius 3 is 2.59 bits per heavy atom. The number of carboxylic acid groups (broad SMARTS) is 1. The van der Waals surface area contributed by atoms with E-state index in [2.05, 4.69) is 22.3 Å². The number of anilines is 1. The van der Waals surface area contributed by atoms with Crippen LogP contribution in [0.1, 0.15) is 33.1 Å². The van der Waals surface area contributed by atoms with Crippen molar-refractivity contribution in [1.29, 1.82) is 0 Å². The second-order valence-electron chi connectivity index (χ2n) is 6.75. The van der Waals surface area contributed by atoms with Crippen LogP contribution < -0.4 is 10.2 Å². The average Bonchev–Trinajstić information content (AvgIpc) is 2.85. The summed E-state index contributed by atoms with van der Waals surface area (Å²) in [6, 6.07) is 10.3. The lowest BCUT2D eigenvalue weighted by Crippen LogP contribution is -2.39. The lowest BCUT2D eigenvalue weighted by molar-refractivity contribution is -0.139. The third-order valence-corrected chi connectivity index (χ3v) is 3.94. The number of benzene rings is 1. The number of nitrogens with one attached hydrogen (secondary N) is 1. The lowest BCUT2D eigenvalue weighted by Gasteiger charge is -2.23. The topological polar surface area (TPSA) is 69.6 Å². The molecule has 2 N–H and O–H groups in total. The first-order valence-electron chi connectivity index (χ1n) is 7.67. The zero-order chi connectivity index (χ0) is 16.2. The summed E-state index contributed by atoms with van der Waals surface area (Å²) in [4.78, 5) is 25.2. The number of hydrogen-bond acceptors (Lipinski definition) is 3. The summed E-state index contributed by atoms with van der Waals surface area (Å²) >= 11 is 0. The van der Waals surface area contributed by atoms with Gasteiger partial charge in [0.25, 0.3) is 0 Å². The maximum atomic E-state index is 12.1. The van der Waals surface area contributed by atoms with Crippen molar-refractivity contribution in [3.63, 3.8) is 0 Å². The summed E-state index contributed by atoms with van der Waals surface area (Å²) in [7, 11) is 0. The minimum absolute atomic E-state index is 0.00122. The summed E-state index contributed by atoms with van der Waals surface area (Å²) in [5, 5.41) is 11.9. The Hall–Kier alpha value is -2.04. The molecule has 1 amide bonds. The van der Waals surface area contributed by atoms with Gasteiger partial charge in [-0.2, -0.15) is 0 Å². The van der Waals surface area contributed by atoms with Gasteiger partial charge in [-0.05, 0) is 24.0 Å². The van der Waals surface area contributed by atoms with Crippen molar-refractivity contribution in [3.8, 4) is 0 Å². The maximum absolute atomic E-state index is 12.1. The molecule has 0 spiro atoms. The number of aliphatic carboxylic acids is 1. The number of amides is 1. The van der Waals surface area contributed by atoms with E-state index in [0.717, 1.165) is 19.5 Å². The molecule has 1 aliphatic rings. The van der Waals surface area contributed by atoms with Gasteiger partial charge in [0.05, 0.1) is 6.42 Å². The Labute approximate surface area is 131 Å². The van der Waals surface area contributed by atoms with Crippen LogP contribution in [0.4, 0.5) is 5.69 Å².